The van der Waals surface area contributed by atoms with Crippen molar-refractivity contribution in [1.29, 1.82) is 0 Å². The van der Waals surface area contributed by atoms with Gasteiger partial charge >= 0.3 is 0 Å². The van der Waals surface area contributed by atoms with E-state index in [0.29, 0.717) is 11.4 Å². The molecule has 0 saturated heterocycles. The highest BCUT2D eigenvalue weighted by Gasteiger charge is 2.54. The molecule has 0 atom stereocenters. The third-order valence-corrected chi connectivity index (χ3v) is 5.79. The van der Waals surface area contributed by atoms with Gasteiger partial charge in [0.15, 0.2) is 9.84 Å². The van der Waals surface area contributed by atoms with Crippen LogP contribution < -0.4 is 5.32 Å². The molecule has 1 N–H and O–H groups in total. The number of hydrogen-bond donors (Lipinski definition) is 1. The van der Waals surface area contributed by atoms with Crippen LogP contribution in [0.1, 0.15) is 18.4 Å². The van der Waals surface area contributed by atoms with Gasteiger partial charge < -0.3 is 5.32 Å². The molecule has 16 heavy (non-hydrogen) atoms. The zero-order valence-corrected chi connectivity index (χ0v) is 10.5. The average molecular weight is 239 g/mol. The number of hydrogen-bond acceptors (Lipinski definition) is 3. The van der Waals surface area contributed by atoms with Crippen LogP contribution in [0.5, 0.6) is 0 Å². The third-order valence-electron chi connectivity index (χ3n) is 3.21. The maximum absolute atomic E-state index is 12.4. The summed E-state index contributed by atoms with van der Waals surface area (Å²) in [4.78, 5) is 0.450. The Morgan fingerprint density at radius 2 is 1.81 bits per heavy atom. The van der Waals surface area contributed by atoms with Crippen molar-refractivity contribution in [3.63, 3.8) is 0 Å². The van der Waals surface area contributed by atoms with Crippen LogP contribution in [0.2, 0.25) is 0 Å². The number of sulfone groups is 1. The molecule has 4 heteroatoms. The molecule has 1 aromatic rings. The van der Waals surface area contributed by atoms with Crippen molar-refractivity contribution >= 4 is 9.84 Å². The second-order valence-corrected chi connectivity index (χ2v) is 6.87. The fourth-order valence-corrected chi connectivity index (χ4v) is 3.94. The van der Waals surface area contributed by atoms with E-state index >= 15 is 0 Å². The summed E-state index contributed by atoms with van der Waals surface area (Å²) < 4.78 is 24.2. The Labute approximate surface area is 96.8 Å². The number of nitrogens with one attached hydrogen (secondary N) is 1. The lowest BCUT2D eigenvalue weighted by atomic mass is 10.2. The molecule has 0 heterocycles. The molecule has 1 aromatic carbocycles. The largest absolute Gasteiger partial charge is 0.318 e. The van der Waals surface area contributed by atoms with E-state index in [-0.39, 0.29) is 0 Å². The summed E-state index contributed by atoms with van der Waals surface area (Å²) in [6.45, 7) is 2.50. The quantitative estimate of drug-likeness (QED) is 0.866. The standard InChI is InChI=1S/C12H17NO2S/c1-10-3-5-11(6-4-10)16(14,15)12(7-8-12)9-13-2/h3-6,13H,7-9H2,1-2H3. The molecular formula is C12H17NO2S. The highest BCUT2D eigenvalue weighted by molar-refractivity contribution is 7.93. The Morgan fingerprint density at radius 1 is 1.25 bits per heavy atom. The maximum Gasteiger partial charge on any atom is 0.185 e. The van der Waals surface area contributed by atoms with Gasteiger partial charge in [0.25, 0.3) is 0 Å². The van der Waals surface area contributed by atoms with Gasteiger partial charge in [-0.1, -0.05) is 17.7 Å². The predicted molar refractivity (Wildman–Crippen MR) is 64.3 cm³/mol. The van der Waals surface area contributed by atoms with Crippen LogP contribution >= 0.6 is 0 Å². The fourth-order valence-electron chi connectivity index (χ4n) is 1.97. The van der Waals surface area contributed by atoms with Crippen LogP contribution in [0, 0.1) is 6.92 Å². The Kier molecular flexibility index (Phi) is 2.80. The summed E-state index contributed by atoms with van der Waals surface area (Å²) in [5, 5.41) is 2.98. The molecule has 1 aliphatic carbocycles. The zero-order valence-electron chi connectivity index (χ0n) is 9.66. The van der Waals surface area contributed by atoms with E-state index in [1.807, 2.05) is 19.1 Å². The molecule has 1 saturated carbocycles. The molecule has 1 aliphatic rings. The van der Waals surface area contributed by atoms with Crippen molar-refractivity contribution < 1.29 is 8.42 Å². The lowest BCUT2D eigenvalue weighted by Crippen LogP contribution is -2.33. The van der Waals surface area contributed by atoms with Gasteiger partial charge in [-0.05, 0) is 38.9 Å². The Hall–Kier alpha value is -0.870. The highest BCUT2D eigenvalue weighted by atomic mass is 32.2. The van der Waals surface area contributed by atoms with E-state index in [4.69, 9.17) is 0 Å². The van der Waals surface area contributed by atoms with Crippen molar-refractivity contribution in [2.45, 2.75) is 29.4 Å². The molecule has 0 bridgehead atoms. The molecule has 0 radical (unpaired) electrons. The van der Waals surface area contributed by atoms with Crippen molar-refractivity contribution in [2.75, 3.05) is 13.6 Å². The fraction of sp³-hybridized carbons (Fsp3) is 0.500. The van der Waals surface area contributed by atoms with Gasteiger partial charge in [-0.15, -0.1) is 0 Å². The summed E-state index contributed by atoms with van der Waals surface area (Å²) in [6, 6.07) is 7.12. The normalized spacial score (nSPS) is 18.4. The van der Waals surface area contributed by atoms with E-state index < -0.39 is 14.6 Å². The van der Waals surface area contributed by atoms with Gasteiger partial charge in [0.1, 0.15) is 0 Å². The Morgan fingerprint density at radius 3 is 2.25 bits per heavy atom. The molecule has 88 valence electrons. The Bertz CT molecular complexity index is 472. The van der Waals surface area contributed by atoms with E-state index in [9.17, 15) is 8.42 Å². The third kappa shape index (κ3) is 1.76. The first-order chi connectivity index (χ1) is 7.52. The molecule has 0 spiro atoms. The number of rotatable bonds is 4. The lowest BCUT2D eigenvalue weighted by Gasteiger charge is -2.15. The highest BCUT2D eigenvalue weighted by Crippen LogP contribution is 2.46. The van der Waals surface area contributed by atoms with Crippen LogP contribution in [-0.2, 0) is 9.84 Å². The molecule has 3 nitrogen and oxygen atoms in total. The smallest absolute Gasteiger partial charge is 0.185 e. The second-order valence-electron chi connectivity index (χ2n) is 4.53. The lowest BCUT2D eigenvalue weighted by molar-refractivity contribution is 0.569. The summed E-state index contributed by atoms with van der Waals surface area (Å²) in [5.41, 5.74) is 1.08. The van der Waals surface area contributed by atoms with Gasteiger partial charge in [0.05, 0.1) is 9.64 Å². The monoisotopic (exact) mass is 239 g/mol. The SMILES string of the molecule is CNCC1(S(=O)(=O)c2ccc(C)cc2)CC1. The van der Waals surface area contributed by atoms with Crippen LogP contribution in [-0.4, -0.2) is 26.8 Å². The van der Waals surface area contributed by atoms with Crippen molar-refractivity contribution in [3.8, 4) is 0 Å². The number of aryl methyl sites for hydroxylation is 1. The summed E-state index contributed by atoms with van der Waals surface area (Å²) >= 11 is 0. The maximum atomic E-state index is 12.4. The van der Waals surface area contributed by atoms with Gasteiger partial charge in [-0.25, -0.2) is 8.42 Å². The van der Waals surface area contributed by atoms with Crippen molar-refractivity contribution in [2.24, 2.45) is 0 Å². The summed E-state index contributed by atoms with van der Waals surface area (Å²) in [7, 11) is -1.37. The molecular weight excluding hydrogens is 222 g/mol. The van der Waals surface area contributed by atoms with Crippen LogP contribution in [0.4, 0.5) is 0 Å². The van der Waals surface area contributed by atoms with Gasteiger partial charge in [0, 0.05) is 6.54 Å². The van der Waals surface area contributed by atoms with Gasteiger partial charge in [0.2, 0.25) is 0 Å². The summed E-state index contributed by atoms with van der Waals surface area (Å²) in [5.74, 6) is 0. The molecule has 2 rings (SSSR count). The Balaban J connectivity index is 2.36. The molecule has 0 amide bonds. The first-order valence-corrected chi connectivity index (χ1v) is 6.96. The van der Waals surface area contributed by atoms with E-state index in [2.05, 4.69) is 5.32 Å². The van der Waals surface area contributed by atoms with Gasteiger partial charge in [-0.2, -0.15) is 0 Å². The van der Waals surface area contributed by atoms with Crippen molar-refractivity contribution in [3.05, 3.63) is 29.8 Å². The first-order valence-electron chi connectivity index (χ1n) is 5.48. The minimum absolute atomic E-state index is 0.450. The van der Waals surface area contributed by atoms with E-state index in [0.717, 1.165) is 18.4 Å². The number of benzene rings is 1. The minimum atomic E-state index is -3.17. The van der Waals surface area contributed by atoms with Crippen molar-refractivity contribution in [1.82, 2.24) is 5.32 Å². The first kappa shape index (κ1) is 11.6. The average Bonchev–Trinajstić information content (AvgIpc) is 3.00. The molecule has 0 unspecified atom stereocenters. The van der Waals surface area contributed by atoms with Crippen LogP contribution in [0.25, 0.3) is 0 Å². The van der Waals surface area contributed by atoms with Crippen LogP contribution in [0.15, 0.2) is 29.2 Å². The predicted octanol–water partition coefficient (Wildman–Crippen LogP) is 1.52. The van der Waals surface area contributed by atoms with E-state index in [1.165, 1.54) is 0 Å². The molecule has 0 aliphatic heterocycles. The van der Waals surface area contributed by atoms with Gasteiger partial charge in [-0.3, -0.25) is 0 Å². The minimum Gasteiger partial charge on any atom is -0.318 e. The van der Waals surface area contributed by atoms with E-state index in [1.54, 1.807) is 19.2 Å². The topological polar surface area (TPSA) is 46.2 Å². The molecule has 1 fully saturated rings. The molecule has 0 aromatic heterocycles. The summed E-state index contributed by atoms with van der Waals surface area (Å²) in [6.07, 6.45) is 1.54. The zero-order chi connectivity index (χ0) is 11.8. The van der Waals surface area contributed by atoms with Crippen LogP contribution in [0.3, 0.4) is 0 Å². The second kappa shape index (κ2) is 3.86.